The van der Waals surface area contributed by atoms with E-state index in [4.69, 9.17) is 9.73 Å². The Labute approximate surface area is 200 Å². The highest BCUT2D eigenvalue weighted by molar-refractivity contribution is 14.0. The number of rotatable bonds is 7. The molecule has 0 aromatic heterocycles. The fourth-order valence-electron chi connectivity index (χ4n) is 4.29. The third-order valence-electron chi connectivity index (χ3n) is 6.20. The molecule has 0 unspecified atom stereocenters. The van der Waals surface area contributed by atoms with E-state index in [1.165, 1.54) is 37.1 Å². The van der Waals surface area contributed by atoms with Crippen molar-refractivity contribution in [2.45, 2.75) is 65.6 Å². The first kappa shape index (κ1) is 25.4. The van der Waals surface area contributed by atoms with Gasteiger partial charge in [0.05, 0.1) is 12.6 Å². The van der Waals surface area contributed by atoms with Gasteiger partial charge in [-0.15, -0.1) is 24.0 Å². The second kappa shape index (κ2) is 13.5. The first-order chi connectivity index (χ1) is 14.2. The van der Waals surface area contributed by atoms with Crippen molar-refractivity contribution in [1.82, 2.24) is 15.1 Å². The summed E-state index contributed by atoms with van der Waals surface area (Å²) in [4.78, 5) is 9.88. The Kier molecular flexibility index (Phi) is 11.5. The Bertz CT molecular complexity index is 621. The molecule has 0 atom stereocenters. The van der Waals surface area contributed by atoms with Gasteiger partial charge < -0.3 is 15.0 Å². The van der Waals surface area contributed by atoms with E-state index in [1.54, 1.807) is 0 Å². The quantitative estimate of drug-likeness (QED) is 0.322. The summed E-state index contributed by atoms with van der Waals surface area (Å²) >= 11 is 0. The first-order valence-electron chi connectivity index (χ1n) is 11.6. The maximum absolute atomic E-state index is 5.78. The molecule has 3 rings (SSSR count). The molecule has 5 nitrogen and oxygen atoms in total. The molecule has 0 bridgehead atoms. The monoisotopic (exact) mass is 528 g/mol. The highest BCUT2D eigenvalue weighted by atomic mass is 127. The van der Waals surface area contributed by atoms with Crippen LogP contribution in [0, 0.1) is 5.92 Å². The lowest BCUT2D eigenvalue weighted by Gasteiger charge is -2.34. The van der Waals surface area contributed by atoms with Crippen molar-refractivity contribution in [3.05, 3.63) is 35.4 Å². The Morgan fingerprint density at radius 2 is 1.63 bits per heavy atom. The normalized spacial score (nSPS) is 19.6. The molecule has 1 N–H and O–H groups in total. The van der Waals surface area contributed by atoms with Gasteiger partial charge in [0.25, 0.3) is 0 Å². The van der Waals surface area contributed by atoms with Crippen LogP contribution in [0.1, 0.15) is 57.6 Å². The zero-order chi connectivity index (χ0) is 20.5. The van der Waals surface area contributed by atoms with E-state index >= 15 is 0 Å². The van der Waals surface area contributed by atoms with Gasteiger partial charge >= 0.3 is 0 Å². The number of nitrogens with one attached hydrogen (secondary N) is 1. The molecule has 0 amide bonds. The van der Waals surface area contributed by atoms with Gasteiger partial charge in [-0.05, 0) is 69.7 Å². The fraction of sp³-hybridized carbons (Fsp3) is 0.708. The minimum absolute atomic E-state index is 0. The summed E-state index contributed by atoms with van der Waals surface area (Å²) in [5.74, 6) is 1.93. The lowest BCUT2D eigenvalue weighted by molar-refractivity contribution is 0.0263. The molecule has 0 saturated carbocycles. The van der Waals surface area contributed by atoms with Crippen LogP contribution in [0.3, 0.4) is 0 Å². The van der Waals surface area contributed by atoms with E-state index in [-0.39, 0.29) is 24.0 Å². The van der Waals surface area contributed by atoms with Crippen LogP contribution in [-0.4, -0.2) is 61.2 Å². The number of benzene rings is 1. The molecule has 2 fully saturated rings. The molecule has 6 heteroatoms. The number of aliphatic imine (C=N–C) groups is 1. The van der Waals surface area contributed by atoms with Crippen molar-refractivity contribution < 1.29 is 4.74 Å². The smallest absolute Gasteiger partial charge is 0.194 e. The van der Waals surface area contributed by atoms with Crippen molar-refractivity contribution in [2.75, 3.05) is 39.3 Å². The number of piperidine rings is 2. The van der Waals surface area contributed by atoms with E-state index in [1.807, 2.05) is 0 Å². The summed E-state index contributed by atoms with van der Waals surface area (Å²) in [6.45, 7) is 14.6. The van der Waals surface area contributed by atoms with Crippen LogP contribution in [-0.2, 0) is 17.8 Å². The summed E-state index contributed by atoms with van der Waals surface area (Å²) < 4.78 is 5.78. The lowest BCUT2D eigenvalue weighted by atomic mass is 9.99. The van der Waals surface area contributed by atoms with Crippen LogP contribution < -0.4 is 5.32 Å². The summed E-state index contributed by atoms with van der Waals surface area (Å²) in [5, 5.41) is 3.47. The molecule has 2 heterocycles. The molecular formula is C24H41IN4O. The first-order valence-corrected chi connectivity index (χ1v) is 11.6. The number of halogens is 1. The van der Waals surface area contributed by atoms with Crippen LogP contribution >= 0.6 is 24.0 Å². The predicted molar refractivity (Wildman–Crippen MR) is 137 cm³/mol. The van der Waals surface area contributed by atoms with Crippen LogP contribution in [0.25, 0.3) is 0 Å². The molecule has 0 radical (unpaired) electrons. The highest BCUT2D eigenvalue weighted by Gasteiger charge is 2.21. The van der Waals surface area contributed by atoms with Gasteiger partial charge in [-0.1, -0.05) is 31.2 Å². The second-order valence-corrected chi connectivity index (χ2v) is 8.59. The molecule has 1 aromatic carbocycles. The largest absolute Gasteiger partial charge is 0.378 e. The number of hydrogen-bond acceptors (Lipinski definition) is 3. The number of likely N-dealkylation sites (tertiary alicyclic amines) is 2. The number of hydrogen-bond donors (Lipinski definition) is 1. The van der Waals surface area contributed by atoms with E-state index in [2.05, 4.69) is 60.2 Å². The van der Waals surface area contributed by atoms with Gasteiger partial charge in [-0.2, -0.15) is 0 Å². The maximum atomic E-state index is 5.78. The molecule has 1 aromatic rings. The zero-order valence-electron chi connectivity index (χ0n) is 19.1. The lowest BCUT2D eigenvalue weighted by Crippen LogP contribution is -2.47. The van der Waals surface area contributed by atoms with E-state index in [0.717, 1.165) is 64.0 Å². The highest BCUT2D eigenvalue weighted by Crippen LogP contribution is 2.19. The number of guanidine groups is 1. The fourth-order valence-corrected chi connectivity index (χ4v) is 4.29. The van der Waals surface area contributed by atoms with Crippen molar-refractivity contribution in [3.8, 4) is 0 Å². The van der Waals surface area contributed by atoms with Crippen LogP contribution in [0.15, 0.2) is 29.3 Å². The van der Waals surface area contributed by atoms with Gasteiger partial charge in [-0.25, -0.2) is 4.99 Å². The van der Waals surface area contributed by atoms with Gasteiger partial charge in [0.2, 0.25) is 0 Å². The number of nitrogens with zero attached hydrogens (tertiary/aromatic N) is 3. The Morgan fingerprint density at radius 1 is 1.00 bits per heavy atom. The maximum Gasteiger partial charge on any atom is 0.194 e. The molecule has 0 spiro atoms. The zero-order valence-corrected chi connectivity index (χ0v) is 21.4. The molecule has 2 aliphatic rings. The third-order valence-corrected chi connectivity index (χ3v) is 6.20. The van der Waals surface area contributed by atoms with Crippen LogP contribution in [0.5, 0.6) is 0 Å². The SMILES string of the molecule is CCNC(=NCc1ccc(CN2CCC(C)CC2)cc1)N1CCC(OCC)CC1.I. The Balaban J connectivity index is 0.00000320. The van der Waals surface area contributed by atoms with E-state index in [0.29, 0.717) is 6.10 Å². The van der Waals surface area contributed by atoms with Crippen molar-refractivity contribution in [2.24, 2.45) is 10.9 Å². The van der Waals surface area contributed by atoms with Gasteiger partial charge in [0.15, 0.2) is 5.96 Å². The number of ether oxygens (including phenoxy) is 1. The van der Waals surface area contributed by atoms with Gasteiger partial charge in [0, 0.05) is 32.8 Å². The predicted octanol–water partition coefficient (Wildman–Crippen LogP) is 4.50. The van der Waals surface area contributed by atoms with Crippen molar-refractivity contribution in [1.29, 1.82) is 0 Å². The molecule has 2 aliphatic heterocycles. The topological polar surface area (TPSA) is 40.1 Å². The minimum atomic E-state index is 0. The molecule has 2 saturated heterocycles. The standard InChI is InChI=1S/C24H40N4O.HI/c1-4-25-24(28-16-12-23(13-17-28)29-5-2)26-18-21-6-8-22(9-7-21)19-27-14-10-20(3)11-15-27;/h6-9,20,23H,4-5,10-19H2,1-3H3,(H,25,26);1H. The van der Waals surface area contributed by atoms with Gasteiger partial charge in [-0.3, -0.25) is 4.90 Å². The molecule has 30 heavy (non-hydrogen) atoms. The van der Waals surface area contributed by atoms with Gasteiger partial charge in [0.1, 0.15) is 0 Å². The van der Waals surface area contributed by atoms with E-state index in [9.17, 15) is 0 Å². The third kappa shape index (κ3) is 8.00. The summed E-state index contributed by atoms with van der Waals surface area (Å²) in [6, 6.07) is 9.05. The van der Waals surface area contributed by atoms with Crippen molar-refractivity contribution in [3.63, 3.8) is 0 Å². The summed E-state index contributed by atoms with van der Waals surface area (Å²) in [5.41, 5.74) is 2.69. The minimum Gasteiger partial charge on any atom is -0.378 e. The molecular weight excluding hydrogens is 487 g/mol. The molecule has 0 aliphatic carbocycles. The molecule has 170 valence electrons. The van der Waals surface area contributed by atoms with E-state index < -0.39 is 0 Å². The Morgan fingerprint density at radius 3 is 2.23 bits per heavy atom. The average Bonchev–Trinajstić information content (AvgIpc) is 2.75. The summed E-state index contributed by atoms with van der Waals surface area (Å²) in [6.07, 6.45) is 5.25. The van der Waals surface area contributed by atoms with Crippen molar-refractivity contribution >= 4 is 29.9 Å². The van der Waals surface area contributed by atoms with Crippen LogP contribution in [0.4, 0.5) is 0 Å². The Hall–Kier alpha value is -0.860. The second-order valence-electron chi connectivity index (χ2n) is 8.59. The average molecular weight is 529 g/mol. The summed E-state index contributed by atoms with van der Waals surface area (Å²) in [7, 11) is 0. The van der Waals surface area contributed by atoms with Crippen LogP contribution in [0.2, 0.25) is 0 Å².